The number of rotatable bonds is 18. The molecule has 0 bridgehead atoms. The molecule has 13 heteroatoms. The minimum absolute atomic E-state index is 0.0467. The maximum absolute atomic E-state index is 13.6. The van der Waals surface area contributed by atoms with Gasteiger partial charge in [-0.15, -0.1) is 0 Å². The van der Waals surface area contributed by atoms with Gasteiger partial charge in [-0.25, -0.2) is 9.59 Å². The van der Waals surface area contributed by atoms with Crippen molar-refractivity contribution in [2.24, 2.45) is 0 Å². The summed E-state index contributed by atoms with van der Waals surface area (Å²) < 4.78 is 15.9. The molecular formula is C37H54N4O9. The molecule has 1 unspecified atom stereocenters. The standard InChI is InChI=1S/C37H54N4O9/c1-36(2,3)49-30(42)21-20-29(41-35(47)48-25-27-17-11-8-12-18-27)32(44)40-28(19-13-14-23-39-34(46)50-37(4,5)6)31(43)33(45)38-24-22-26-15-9-7-10-16-26/h7-12,15-18,28-29,31,43H,13-14,19-25H2,1-6H3,(H,38,45)(H,39,46)(H,40,44)(H,41,47)/t28-,29-,31?/m0/s1. The van der Waals surface area contributed by atoms with Crippen molar-refractivity contribution >= 4 is 30.0 Å². The fourth-order valence-corrected chi connectivity index (χ4v) is 4.68. The monoisotopic (exact) mass is 698 g/mol. The molecular weight excluding hydrogens is 644 g/mol. The molecule has 0 aliphatic carbocycles. The second kappa shape index (κ2) is 20.8. The van der Waals surface area contributed by atoms with Crippen LogP contribution >= 0.6 is 0 Å². The van der Waals surface area contributed by atoms with Crippen molar-refractivity contribution in [2.75, 3.05) is 13.1 Å². The summed E-state index contributed by atoms with van der Waals surface area (Å²) in [5.74, 6) is -1.97. The third-order valence-electron chi connectivity index (χ3n) is 7.02. The molecule has 276 valence electrons. The van der Waals surface area contributed by atoms with Crippen molar-refractivity contribution in [3.63, 3.8) is 0 Å². The predicted octanol–water partition coefficient (Wildman–Crippen LogP) is 4.30. The van der Waals surface area contributed by atoms with E-state index < -0.39 is 59.4 Å². The van der Waals surface area contributed by atoms with Crippen molar-refractivity contribution in [1.29, 1.82) is 0 Å². The molecule has 0 aliphatic heterocycles. The molecule has 0 aliphatic rings. The minimum atomic E-state index is -1.63. The number of hydrogen-bond donors (Lipinski definition) is 5. The molecule has 2 rings (SSSR count). The Morgan fingerprint density at radius 2 is 1.28 bits per heavy atom. The normalized spacial score (nSPS) is 13.2. The summed E-state index contributed by atoms with van der Waals surface area (Å²) in [4.78, 5) is 64.0. The number of esters is 1. The molecule has 13 nitrogen and oxygen atoms in total. The Kier molecular flexibility index (Phi) is 17.2. The van der Waals surface area contributed by atoms with Crippen LogP contribution in [0.25, 0.3) is 0 Å². The summed E-state index contributed by atoms with van der Waals surface area (Å²) in [7, 11) is 0. The predicted molar refractivity (Wildman–Crippen MR) is 188 cm³/mol. The summed E-state index contributed by atoms with van der Waals surface area (Å²) in [5, 5.41) is 21.7. The van der Waals surface area contributed by atoms with Crippen LogP contribution in [0.4, 0.5) is 9.59 Å². The highest BCUT2D eigenvalue weighted by Crippen LogP contribution is 2.13. The zero-order valence-corrected chi connectivity index (χ0v) is 30.1. The third kappa shape index (κ3) is 18.2. The summed E-state index contributed by atoms with van der Waals surface area (Å²) in [6.45, 7) is 10.9. The van der Waals surface area contributed by atoms with E-state index in [1.165, 1.54) is 0 Å². The Morgan fingerprint density at radius 3 is 1.88 bits per heavy atom. The van der Waals surface area contributed by atoms with Gasteiger partial charge in [0.15, 0.2) is 6.10 Å². The van der Waals surface area contributed by atoms with Gasteiger partial charge in [0.25, 0.3) is 5.91 Å². The average Bonchev–Trinajstić information content (AvgIpc) is 3.03. The summed E-state index contributed by atoms with van der Waals surface area (Å²) in [6.07, 6.45) is -1.86. The van der Waals surface area contributed by atoms with Crippen molar-refractivity contribution in [2.45, 2.75) is 116 Å². The van der Waals surface area contributed by atoms with Crippen LogP contribution in [0.5, 0.6) is 0 Å². The largest absolute Gasteiger partial charge is 0.460 e. The third-order valence-corrected chi connectivity index (χ3v) is 7.02. The molecule has 50 heavy (non-hydrogen) atoms. The molecule has 0 fully saturated rings. The number of carbonyl (C=O) groups excluding carboxylic acids is 5. The van der Waals surface area contributed by atoms with Crippen LogP contribution in [0.15, 0.2) is 60.7 Å². The van der Waals surface area contributed by atoms with Gasteiger partial charge in [-0.05, 0) is 84.8 Å². The van der Waals surface area contributed by atoms with Gasteiger partial charge in [0, 0.05) is 19.5 Å². The first-order valence-corrected chi connectivity index (χ1v) is 17.0. The van der Waals surface area contributed by atoms with Crippen LogP contribution in [-0.4, -0.2) is 77.6 Å². The molecule has 0 saturated heterocycles. The average molecular weight is 699 g/mol. The van der Waals surface area contributed by atoms with Gasteiger partial charge in [0.05, 0.1) is 6.04 Å². The van der Waals surface area contributed by atoms with E-state index in [9.17, 15) is 29.1 Å². The molecule has 0 saturated carbocycles. The number of benzene rings is 2. The zero-order valence-electron chi connectivity index (χ0n) is 30.1. The van der Waals surface area contributed by atoms with Crippen LogP contribution in [0.2, 0.25) is 0 Å². The topological polar surface area (TPSA) is 181 Å². The van der Waals surface area contributed by atoms with Gasteiger partial charge < -0.3 is 40.6 Å². The first-order chi connectivity index (χ1) is 23.5. The van der Waals surface area contributed by atoms with E-state index >= 15 is 0 Å². The Balaban J connectivity index is 2.12. The molecule has 0 aromatic heterocycles. The molecule has 2 aromatic rings. The Labute approximate surface area is 295 Å². The summed E-state index contributed by atoms with van der Waals surface area (Å²) in [6, 6.07) is 16.2. The lowest BCUT2D eigenvalue weighted by molar-refractivity contribution is -0.155. The SMILES string of the molecule is CC(C)(C)OC(=O)CC[C@H](NC(=O)OCc1ccccc1)C(=O)N[C@@H](CCCCNC(=O)OC(C)(C)C)C(O)C(=O)NCCc1ccccc1. The Hall–Kier alpha value is -4.65. The highest BCUT2D eigenvalue weighted by Gasteiger charge is 2.31. The van der Waals surface area contributed by atoms with E-state index in [-0.39, 0.29) is 39.0 Å². The molecule has 5 N–H and O–H groups in total. The van der Waals surface area contributed by atoms with Crippen molar-refractivity contribution in [3.8, 4) is 0 Å². The van der Waals surface area contributed by atoms with E-state index in [1.807, 2.05) is 36.4 Å². The minimum Gasteiger partial charge on any atom is -0.460 e. The number of alkyl carbamates (subject to hydrolysis) is 2. The molecule has 4 amide bonds. The highest BCUT2D eigenvalue weighted by molar-refractivity contribution is 5.88. The van der Waals surface area contributed by atoms with Gasteiger partial charge >= 0.3 is 18.2 Å². The molecule has 0 radical (unpaired) electrons. The lowest BCUT2D eigenvalue weighted by Crippen LogP contribution is -2.55. The maximum Gasteiger partial charge on any atom is 0.408 e. The number of aliphatic hydroxyl groups is 1. The van der Waals surface area contributed by atoms with Crippen LogP contribution in [-0.2, 0) is 41.6 Å². The number of amides is 4. The quantitative estimate of drug-likeness (QED) is 0.0862. The maximum atomic E-state index is 13.6. The van der Waals surface area contributed by atoms with Gasteiger partial charge in [0.1, 0.15) is 23.9 Å². The second-order valence-electron chi connectivity index (χ2n) is 13.9. The van der Waals surface area contributed by atoms with Crippen molar-refractivity contribution in [1.82, 2.24) is 21.3 Å². The number of nitrogens with one attached hydrogen (secondary N) is 4. The lowest BCUT2D eigenvalue weighted by atomic mass is 10.0. The number of unbranched alkanes of at least 4 members (excludes halogenated alkanes) is 1. The van der Waals surface area contributed by atoms with Crippen LogP contribution < -0.4 is 21.3 Å². The molecule has 0 heterocycles. The van der Waals surface area contributed by atoms with Crippen LogP contribution in [0.3, 0.4) is 0 Å². The van der Waals surface area contributed by atoms with Gasteiger partial charge in [-0.1, -0.05) is 60.7 Å². The number of ether oxygens (including phenoxy) is 3. The van der Waals surface area contributed by atoms with Gasteiger partial charge in [-0.2, -0.15) is 0 Å². The van der Waals surface area contributed by atoms with E-state index in [4.69, 9.17) is 14.2 Å². The fraction of sp³-hybridized carbons (Fsp3) is 0.541. The zero-order chi connectivity index (χ0) is 37.2. The lowest BCUT2D eigenvalue weighted by Gasteiger charge is -2.27. The number of hydrogen-bond acceptors (Lipinski definition) is 9. The number of aliphatic hydroxyl groups excluding tert-OH is 1. The van der Waals surface area contributed by atoms with E-state index in [1.54, 1.807) is 65.8 Å². The molecule has 2 aromatic carbocycles. The summed E-state index contributed by atoms with van der Waals surface area (Å²) in [5.41, 5.74) is 0.334. The number of carbonyl (C=O) groups is 5. The molecule has 0 spiro atoms. The van der Waals surface area contributed by atoms with Gasteiger partial charge in [-0.3, -0.25) is 14.4 Å². The van der Waals surface area contributed by atoms with E-state index in [0.717, 1.165) is 11.1 Å². The first kappa shape index (κ1) is 41.5. The first-order valence-electron chi connectivity index (χ1n) is 17.0. The van der Waals surface area contributed by atoms with Crippen LogP contribution in [0.1, 0.15) is 84.8 Å². The van der Waals surface area contributed by atoms with Crippen molar-refractivity contribution in [3.05, 3.63) is 71.8 Å². The fourth-order valence-electron chi connectivity index (χ4n) is 4.68. The Bertz CT molecular complexity index is 1360. The highest BCUT2D eigenvalue weighted by atomic mass is 16.6. The van der Waals surface area contributed by atoms with Crippen molar-refractivity contribution < 1.29 is 43.3 Å². The van der Waals surface area contributed by atoms with Gasteiger partial charge in [0.2, 0.25) is 5.91 Å². The smallest absolute Gasteiger partial charge is 0.408 e. The summed E-state index contributed by atoms with van der Waals surface area (Å²) >= 11 is 0. The van der Waals surface area contributed by atoms with E-state index in [0.29, 0.717) is 19.3 Å². The second-order valence-corrected chi connectivity index (χ2v) is 13.9. The van der Waals surface area contributed by atoms with Crippen LogP contribution in [0, 0.1) is 0 Å². The molecule has 3 atom stereocenters. The van der Waals surface area contributed by atoms with E-state index in [2.05, 4.69) is 21.3 Å². The Morgan fingerprint density at radius 1 is 0.680 bits per heavy atom.